The summed E-state index contributed by atoms with van der Waals surface area (Å²) >= 11 is 0. The number of ether oxygens (including phenoxy) is 3. The second-order valence-electron chi connectivity index (χ2n) is 9.79. The standard InChI is InChI=1S/C29H31FN2O5/c1-35-22-11-12-26(30)25(14-22)28-29(37-21-6-2-3-7-21)32-20(16-31-28)17-36-23-8-4-5-19(13-23)24(15-27(33)34)18-9-10-18/h4-5,8,11-14,16,18,21,24H,2-3,6-7,9-10,15,17H2,1H3,(H,33,34). The van der Waals surface area contributed by atoms with Crippen LogP contribution in [0.5, 0.6) is 17.4 Å². The Bertz CT molecular complexity index is 1260. The molecule has 8 heteroatoms. The zero-order valence-electron chi connectivity index (χ0n) is 20.9. The van der Waals surface area contributed by atoms with E-state index in [4.69, 9.17) is 14.2 Å². The number of nitrogens with zero attached hydrogens (tertiary/aromatic N) is 2. The van der Waals surface area contributed by atoms with Crippen molar-refractivity contribution >= 4 is 5.97 Å². The molecule has 0 amide bonds. The lowest BCUT2D eigenvalue weighted by Crippen LogP contribution is -2.14. The number of aromatic nitrogens is 2. The van der Waals surface area contributed by atoms with Gasteiger partial charge in [-0.3, -0.25) is 4.79 Å². The average Bonchev–Trinajstić information content (AvgIpc) is 3.62. The lowest BCUT2D eigenvalue weighted by Gasteiger charge is -2.17. The molecule has 2 saturated carbocycles. The smallest absolute Gasteiger partial charge is 0.303 e. The molecule has 1 unspecified atom stereocenters. The summed E-state index contributed by atoms with van der Waals surface area (Å²) in [5.74, 6) is 0.617. The van der Waals surface area contributed by atoms with Crippen LogP contribution in [0.2, 0.25) is 0 Å². The fourth-order valence-electron chi connectivity index (χ4n) is 4.96. The second kappa shape index (κ2) is 11.2. The fraction of sp³-hybridized carbons (Fsp3) is 0.414. The van der Waals surface area contributed by atoms with Crippen LogP contribution in [0, 0.1) is 11.7 Å². The first-order valence-corrected chi connectivity index (χ1v) is 12.8. The van der Waals surface area contributed by atoms with Crippen LogP contribution in [-0.4, -0.2) is 34.3 Å². The first-order chi connectivity index (χ1) is 18.0. The average molecular weight is 507 g/mol. The summed E-state index contributed by atoms with van der Waals surface area (Å²) < 4.78 is 32.3. The van der Waals surface area contributed by atoms with Gasteiger partial charge in [0.2, 0.25) is 5.88 Å². The minimum atomic E-state index is -0.791. The van der Waals surface area contributed by atoms with E-state index in [1.807, 2.05) is 24.3 Å². The second-order valence-corrected chi connectivity index (χ2v) is 9.79. The molecule has 1 atom stereocenters. The number of carboxylic acid groups (broad SMARTS) is 1. The Kier molecular flexibility index (Phi) is 7.53. The van der Waals surface area contributed by atoms with E-state index >= 15 is 0 Å². The van der Waals surface area contributed by atoms with E-state index in [2.05, 4.69) is 9.97 Å². The quantitative estimate of drug-likeness (QED) is 0.333. The first-order valence-electron chi connectivity index (χ1n) is 12.8. The van der Waals surface area contributed by atoms with Gasteiger partial charge in [-0.15, -0.1) is 0 Å². The highest BCUT2D eigenvalue weighted by molar-refractivity contribution is 5.68. The molecule has 0 saturated heterocycles. The van der Waals surface area contributed by atoms with E-state index in [-0.39, 0.29) is 36.5 Å². The number of rotatable bonds is 11. The maximum absolute atomic E-state index is 14.8. The van der Waals surface area contributed by atoms with Crippen molar-refractivity contribution in [2.75, 3.05) is 7.11 Å². The Labute approximate surface area is 215 Å². The Morgan fingerprint density at radius 2 is 1.92 bits per heavy atom. The molecule has 1 N–H and O–H groups in total. The molecular formula is C29H31FN2O5. The molecular weight excluding hydrogens is 475 g/mol. The fourth-order valence-corrected chi connectivity index (χ4v) is 4.96. The number of halogens is 1. The van der Waals surface area contributed by atoms with Crippen LogP contribution >= 0.6 is 0 Å². The normalized spacial score (nSPS) is 16.4. The van der Waals surface area contributed by atoms with Gasteiger partial charge in [-0.05, 0) is 86.3 Å². The topological polar surface area (TPSA) is 90.8 Å². The van der Waals surface area contributed by atoms with Gasteiger partial charge in [0.25, 0.3) is 0 Å². The SMILES string of the molecule is COc1ccc(F)c(-c2ncc(COc3cccc(C(CC(=O)O)C4CC4)c3)nc2OC2CCCC2)c1. The highest BCUT2D eigenvalue weighted by Crippen LogP contribution is 2.45. The summed E-state index contributed by atoms with van der Waals surface area (Å²) in [6.07, 6.45) is 7.84. The van der Waals surface area contributed by atoms with E-state index in [9.17, 15) is 14.3 Å². The van der Waals surface area contributed by atoms with E-state index < -0.39 is 11.8 Å². The van der Waals surface area contributed by atoms with Crippen molar-refractivity contribution in [1.29, 1.82) is 0 Å². The number of carbonyl (C=O) groups is 1. The van der Waals surface area contributed by atoms with Gasteiger partial charge >= 0.3 is 5.97 Å². The lowest BCUT2D eigenvalue weighted by molar-refractivity contribution is -0.137. The zero-order valence-corrected chi connectivity index (χ0v) is 20.9. The molecule has 5 rings (SSSR count). The van der Waals surface area contributed by atoms with Crippen LogP contribution in [0.25, 0.3) is 11.3 Å². The van der Waals surface area contributed by atoms with Crippen LogP contribution in [-0.2, 0) is 11.4 Å². The van der Waals surface area contributed by atoms with Gasteiger partial charge < -0.3 is 19.3 Å². The van der Waals surface area contributed by atoms with Gasteiger partial charge in [0.15, 0.2) is 0 Å². The van der Waals surface area contributed by atoms with Crippen LogP contribution < -0.4 is 14.2 Å². The molecule has 2 aliphatic carbocycles. The summed E-state index contributed by atoms with van der Waals surface area (Å²) in [6, 6.07) is 12.1. The summed E-state index contributed by atoms with van der Waals surface area (Å²) in [7, 11) is 1.53. The number of carboxylic acids is 1. The van der Waals surface area contributed by atoms with Gasteiger partial charge in [-0.1, -0.05) is 12.1 Å². The number of hydrogen-bond donors (Lipinski definition) is 1. The van der Waals surface area contributed by atoms with E-state index in [0.29, 0.717) is 28.8 Å². The molecule has 0 spiro atoms. The summed E-state index contributed by atoms with van der Waals surface area (Å²) in [5, 5.41) is 9.33. The Morgan fingerprint density at radius 1 is 1.11 bits per heavy atom. The van der Waals surface area contributed by atoms with Crippen LogP contribution in [0.15, 0.2) is 48.7 Å². The maximum atomic E-state index is 14.8. The molecule has 37 heavy (non-hydrogen) atoms. The monoisotopic (exact) mass is 506 g/mol. The van der Waals surface area contributed by atoms with Gasteiger partial charge in [0.05, 0.1) is 19.7 Å². The highest BCUT2D eigenvalue weighted by Gasteiger charge is 2.34. The molecule has 3 aromatic rings. The minimum Gasteiger partial charge on any atom is -0.497 e. The van der Waals surface area contributed by atoms with Crippen molar-refractivity contribution in [3.63, 3.8) is 0 Å². The third-order valence-electron chi connectivity index (χ3n) is 7.06. The third-order valence-corrected chi connectivity index (χ3v) is 7.06. The predicted molar refractivity (Wildman–Crippen MR) is 135 cm³/mol. The molecule has 0 bridgehead atoms. The lowest BCUT2D eigenvalue weighted by atomic mass is 9.91. The number of hydrogen-bond acceptors (Lipinski definition) is 6. The van der Waals surface area contributed by atoms with Crippen LogP contribution in [0.1, 0.15) is 62.1 Å². The third kappa shape index (κ3) is 6.18. The van der Waals surface area contributed by atoms with Crippen molar-refractivity contribution in [3.8, 4) is 28.6 Å². The number of methoxy groups -OCH3 is 1. The highest BCUT2D eigenvalue weighted by atomic mass is 19.1. The molecule has 2 aliphatic rings. The Morgan fingerprint density at radius 3 is 2.65 bits per heavy atom. The summed E-state index contributed by atoms with van der Waals surface area (Å²) in [4.78, 5) is 20.6. The summed E-state index contributed by atoms with van der Waals surface area (Å²) in [6.45, 7) is 0.144. The van der Waals surface area contributed by atoms with Crippen LogP contribution in [0.4, 0.5) is 4.39 Å². The molecule has 2 fully saturated rings. The zero-order chi connectivity index (χ0) is 25.8. The Hall–Kier alpha value is -3.68. The Balaban J connectivity index is 1.37. The molecule has 1 aromatic heterocycles. The van der Waals surface area contributed by atoms with Crippen molar-refractivity contribution in [2.45, 2.75) is 63.6 Å². The van der Waals surface area contributed by atoms with Crippen molar-refractivity contribution in [3.05, 3.63) is 65.7 Å². The minimum absolute atomic E-state index is 0.00991. The molecule has 7 nitrogen and oxygen atoms in total. The van der Waals surface area contributed by atoms with Crippen molar-refractivity contribution < 1.29 is 28.5 Å². The maximum Gasteiger partial charge on any atom is 0.303 e. The molecule has 194 valence electrons. The molecule has 2 aromatic carbocycles. The molecule has 0 aliphatic heterocycles. The molecule has 0 radical (unpaired) electrons. The summed E-state index contributed by atoms with van der Waals surface area (Å²) in [5.41, 5.74) is 2.12. The van der Waals surface area contributed by atoms with Gasteiger partial charge in [-0.25, -0.2) is 14.4 Å². The van der Waals surface area contributed by atoms with Crippen molar-refractivity contribution in [1.82, 2.24) is 9.97 Å². The van der Waals surface area contributed by atoms with Gasteiger partial charge in [0, 0.05) is 5.56 Å². The van der Waals surface area contributed by atoms with Gasteiger partial charge in [-0.2, -0.15) is 0 Å². The number of benzene rings is 2. The van der Waals surface area contributed by atoms with Gasteiger partial charge in [0.1, 0.15) is 41.4 Å². The first kappa shape index (κ1) is 25.0. The van der Waals surface area contributed by atoms with Crippen molar-refractivity contribution in [2.24, 2.45) is 5.92 Å². The van der Waals surface area contributed by atoms with Crippen LogP contribution in [0.3, 0.4) is 0 Å². The van der Waals surface area contributed by atoms with E-state index in [1.54, 1.807) is 18.3 Å². The number of aliphatic carboxylic acids is 1. The molecule has 1 heterocycles. The largest absolute Gasteiger partial charge is 0.497 e. The predicted octanol–water partition coefficient (Wildman–Crippen LogP) is 6.16. The van der Waals surface area contributed by atoms with E-state index in [0.717, 1.165) is 44.1 Å². The van der Waals surface area contributed by atoms with E-state index in [1.165, 1.54) is 13.2 Å².